The molecule has 0 aromatic heterocycles. The average Bonchev–Trinajstić information content (AvgIpc) is 2.67. The van der Waals surface area contributed by atoms with Gasteiger partial charge in [0, 0.05) is 6.54 Å². The maximum Gasteiger partial charge on any atom is 0.231 e. The van der Waals surface area contributed by atoms with Gasteiger partial charge in [0.2, 0.25) is 5.91 Å². The number of aromatic hydroxyl groups is 1. The Kier molecular flexibility index (Phi) is 4.43. The lowest BCUT2D eigenvalue weighted by atomic mass is 9.79. The molecule has 0 spiro atoms. The monoisotopic (exact) mass is 262 g/mol. The third-order valence-electron chi connectivity index (χ3n) is 4.09. The first-order chi connectivity index (χ1) is 9.18. The molecule has 1 aliphatic carbocycles. The lowest BCUT2D eigenvalue weighted by Gasteiger charge is -2.29. The molecule has 4 heteroatoms. The third kappa shape index (κ3) is 3.07. The highest BCUT2D eigenvalue weighted by atomic mass is 16.3. The molecule has 2 rings (SSSR count). The molecular weight excluding hydrogens is 240 g/mol. The highest BCUT2D eigenvalue weighted by Gasteiger charge is 2.37. The fourth-order valence-corrected chi connectivity index (χ4v) is 2.76. The summed E-state index contributed by atoms with van der Waals surface area (Å²) in [6, 6.07) is 6.79. The number of phenolic OH excluding ortho intramolecular Hbond substituents is 1. The Morgan fingerprint density at radius 3 is 2.42 bits per heavy atom. The van der Waals surface area contributed by atoms with Crippen molar-refractivity contribution in [2.45, 2.75) is 38.5 Å². The summed E-state index contributed by atoms with van der Waals surface area (Å²) in [5.74, 6) is 0.0371. The highest BCUT2D eigenvalue weighted by Crippen LogP contribution is 2.36. The number of carbonyl (C=O) groups excluding carboxylic acids is 1. The molecule has 0 saturated heterocycles. The lowest BCUT2D eigenvalue weighted by molar-refractivity contribution is -0.125. The normalized spacial score (nSPS) is 18.6. The van der Waals surface area contributed by atoms with Crippen LogP contribution in [-0.2, 0) is 4.79 Å². The largest absolute Gasteiger partial charge is 0.506 e. The second-order valence-electron chi connectivity index (χ2n) is 5.37. The summed E-state index contributed by atoms with van der Waals surface area (Å²) in [5.41, 5.74) is 5.87. The summed E-state index contributed by atoms with van der Waals surface area (Å²) in [7, 11) is 0. The van der Waals surface area contributed by atoms with Crippen LogP contribution < -0.4 is 11.1 Å². The first-order valence-electron chi connectivity index (χ1n) is 6.97. The number of phenols is 1. The number of hydrogen-bond acceptors (Lipinski definition) is 3. The Morgan fingerprint density at radius 1 is 1.21 bits per heavy atom. The van der Waals surface area contributed by atoms with E-state index in [1.165, 1.54) is 12.8 Å². The first kappa shape index (κ1) is 13.9. The van der Waals surface area contributed by atoms with E-state index in [9.17, 15) is 9.90 Å². The Morgan fingerprint density at radius 2 is 1.84 bits per heavy atom. The molecule has 1 aromatic carbocycles. The van der Waals surface area contributed by atoms with Gasteiger partial charge in [0.25, 0.3) is 0 Å². The van der Waals surface area contributed by atoms with E-state index in [4.69, 9.17) is 5.73 Å². The van der Waals surface area contributed by atoms with Gasteiger partial charge in [-0.25, -0.2) is 0 Å². The van der Waals surface area contributed by atoms with Gasteiger partial charge in [0.05, 0.1) is 11.1 Å². The SMILES string of the molecule is NCC1(C(=O)Nc2ccccc2O)CCCCCC1. The summed E-state index contributed by atoms with van der Waals surface area (Å²) in [6.45, 7) is 0.367. The maximum atomic E-state index is 12.5. The molecule has 0 unspecified atom stereocenters. The quantitative estimate of drug-likeness (QED) is 0.579. The van der Waals surface area contributed by atoms with E-state index in [1.807, 2.05) is 0 Å². The van der Waals surface area contributed by atoms with Crippen LogP contribution in [-0.4, -0.2) is 17.6 Å². The van der Waals surface area contributed by atoms with Crippen LogP contribution >= 0.6 is 0 Å². The van der Waals surface area contributed by atoms with Crippen molar-refractivity contribution in [1.29, 1.82) is 0 Å². The molecule has 1 aromatic rings. The van der Waals surface area contributed by atoms with Gasteiger partial charge >= 0.3 is 0 Å². The van der Waals surface area contributed by atoms with Crippen molar-refractivity contribution < 1.29 is 9.90 Å². The molecule has 1 amide bonds. The van der Waals surface area contributed by atoms with Crippen molar-refractivity contribution in [3.63, 3.8) is 0 Å². The zero-order chi connectivity index (χ0) is 13.7. The molecule has 1 fully saturated rings. The summed E-state index contributed by atoms with van der Waals surface area (Å²) >= 11 is 0. The second kappa shape index (κ2) is 6.06. The zero-order valence-electron chi connectivity index (χ0n) is 11.2. The fraction of sp³-hybridized carbons (Fsp3) is 0.533. The van der Waals surface area contributed by atoms with Crippen molar-refractivity contribution in [1.82, 2.24) is 0 Å². The summed E-state index contributed by atoms with van der Waals surface area (Å²) in [6.07, 6.45) is 6.11. The van der Waals surface area contributed by atoms with Crippen LogP contribution in [0.3, 0.4) is 0 Å². The van der Waals surface area contributed by atoms with Gasteiger partial charge in [-0.3, -0.25) is 4.79 Å². The van der Waals surface area contributed by atoms with E-state index < -0.39 is 5.41 Å². The predicted molar refractivity (Wildman–Crippen MR) is 75.9 cm³/mol. The van der Waals surface area contributed by atoms with Crippen LogP contribution in [0.2, 0.25) is 0 Å². The molecule has 104 valence electrons. The Hall–Kier alpha value is -1.55. The van der Waals surface area contributed by atoms with Gasteiger partial charge in [0.1, 0.15) is 5.75 Å². The zero-order valence-corrected chi connectivity index (χ0v) is 11.2. The van der Waals surface area contributed by atoms with Gasteiger partial charge in [-0.05, 0) is 25.0 Å². The van der Waals surface area contributed by atoms with E-state index >= 15 is 0 Å². The molecule has 0 bridgehead atoms. The number of para-hydroxylation sites is 2. The highest BCUT2D eigenvalue weighted by molar-refractivity contribution is 5.96. The number of benzene rings is 1. The molecular formula is C15H22N2O2. The number of rotatable bonds is 3. The Balaban J connectivity index is 2.14. The second-order valence-corrected chi connectivity index (χ2v) is 5.37. The van der Waals surface area contributed by atoms with E-state index in [2.05, 4.69) is 5.32 Å². The minimum Gasteiger partial charge on any atom is -0.506 e. The third-order valence-corrected chi connectivity index (χ3v) is 4.09. The van der Waals surface area contributed by atoms with E-state index in [0.29, 0.717) is 12.2 Å². The van der Waals surface area contributed by atoms with Crippen molar-refractivity contribution in [3.8, 4) is 5.75 Å². The minimum atomic E-state index is -0.473. The van der Waals surface area contributed by atoms with E-state index in [1.54, 1.807) is 24.3 Å². The molecule has 19 heavy (non-hydrogen) atoms. The summed E-state index contributed by atoms with van der Waals surface area (Å²) < 4.78 is 0. The lowest BCUT2D eigenvalue weighted by Crippen LogP contribution is -2.42. The molecule has 4 N–H and O–H groups in total. The number of amides is 1. The van der Waals surface area contributed by atoms with Crippen LogP contribution in [0, 0.1) is 5.41 Å². The molecule has 4 nitrogen and oxygen atoms in total. The van der Waals surface area contributed by atoms with Crippen molar-refractivity contribution in [2.24, 2.45) is 11.1 Å². The van der Waals surface area contributed by atoms with Crippen LogP contribution in [0.5, 0.6) is 5.75 Å². The minimum absolute atomic E-state index is 0.0570. The Bertz CT molecular complexity index is 438. The molecule has 0 atom stereocenters. The number of nitrogens with two attached hydrogens (primary N) is 1. The van der Waals surface area contributed by atoms with Gasteiger partial charge in [-0.15, -0.1) is 0 Å². The van der Waals surface area contributed by atoms with Crippen molar-refractivity contribution >= 4 is 11.6 Å². The predicted octanol–water partition coefficient (Wildman–Crippen LogP) is 2.63. The smallest absolute Gasteiger partial charge is 0.231 e. The average molecular weight is 262 g/mol. The topological polar surface area (TPSA) is 75.4 Å². The van der Waals surface area contributed by atoms with Gasteiger partial charge in [0.15, 0.2) is 0 Å². The molecule has 1 saturated carbocycles. The van der Waals surface area contributed by atoms with Crippen LogP contribution in [0.1, 0.15) is 38.5 Å². The van der Waals surface area contributed by atoms with Crippen LogP contribution in [0.15, 0.2) is 24.3 Å². The number of carbonyl (C=O) groups is 1. The number of anilines is 1. The van der Waals surface area contributed by atoms with Crippen molar-refractivity contribution in [2.75, 3.05) is 11.9 Å². The van der Waals surface area contributed by atoms with E-state index in [0.717, 1.165) is 25.7 Å². The molecule has 1 aliphatic rings. The maximum absolute atomic E-state index is 12.5. The standard InChI is InChI=1S/C15H22N2O2/c16-11-15(9-5-1-2-6-10-15)14(19)17-12-7-3-4-8-13(12)18/h3-4,7-8,18H,1-2,5-6,9-11,16H2,(H,17,19). The molecule has 0 radical (unpaired) electrons. The Labute approximate surface area is 114 Å². The van der Waals surface area contributed by atoms with Gasteiger partial charge in [-0.2, -0.15) is 0 Å². The van der Waals surface area contributed by atoms with Crippen LogP contribution in [0.25, 0.3) is 0 Å². The van der Waals surface area contributed by atoms with Crippen molar-refractivity contribution in [3.05, 3.63) is 24.3 Å². The molecule has 0 heterocycles. The summed E-state index contributed by atoms with van der Waals surface area (Å²) in [4.78, 5) is 12.5. The van der Waals surface area contributed by atoms with Crippen LogP contribution in [0.4, 0.5) is 5.69 Å². The molecule has 0 aliphatic heterocycles. The first-order valence-corrected chi connectivity index (χ1v) is 6.97. The number of nitrogens with one attached hydrogen (secondary N) is 1. The fourth-order valence-electron chi connectivity index (χ4n) is 2.76. The van der Waals surface area contributed by atoms with Gasteiger partial charge in [-0.1, -0.05) is 37.8 Å². The van der Waals surface area contributed by atoms with Gasteiger partial charge < -0.3 is 16.2 Å². The number of hydrogen-bond donors (Lipinski definition) is 3. The summed E-state index contributed by atoms with van der Waals surface area (Å²) in [5, 5.41) is 12.6. The van der Waals surface area contributed by atoms with E-state index in [-0.39, 0.29) is 11.7 Å².